The fourth-order valence-electron chi connectivity index (χ4n) is 1.63. The number of hydrogen-bond donors (Lipinski definition) is 1. The number of rotatable bonds is 3. The van der Waals surface area contributed by atoms with Crippen LogP contribution in [-0.2, 0) is 4.52 Å². The van der Waals surface area contributed by atoms with E-state index in [1.54, 1.807) is 0 Å². The van der Waals surface area contributed by atoms with Gasteiger partial charge in [0.25, 0.3) is 0 Å². The van der Waals surface area contributed by atoms with Crippen molar-refractivity contribution in [2.75, 3.05) is 20.2 Å². The van der Waals surface area contributed by atoms with E-state index in [0.29, 0.717) is 12.6 Å². The second-order valence-corrected chi connectivity index (χ2v) is 3.42. The molecular weight excluding hydrogens is 161 g/mol. The van der Waals surface area contributed by atoms with Crippen LogP contribution in [0.3, 0.4) is 0 Å². The van der Waals surface area contributed by atoms with Gasteiger partial charge in [-0.15, -0.1) is 0 Å². The van der Waals surface area contributed by atoms with Crippen molar-refractivity contribution < 1.29 is 9.63 Å². The molecule has 3 atom stereocenters. The average Bonchev–Trinajstić information content (AvgIpc) is 2.36. The summed E-state index contributed by atoms with van der Waals surface area (Å²) in [6, 6.07) is 0.301. The van der Waals surface area contributed by atoms with E-state index in [2.05, 4.69) is 14.4 Å². The molecule has 3 nitrogen and oxygen atoms in total. The maximum atomic E-state index is 9.54. The molecule has 3 unspecified atom stereocenters. The summed E-state index contributed by atoms with van der Waals surface area (Å²) in [6.07, 6.45) is 1.95. The van der Waals surface area contributed by atoms with E-state index in [-0.39, 0.29) is 6.10 Å². The maximum Gasteiger partial charge on any atom is 0.0931 e. The molecule has 1 heterocycles. The van der Waals surface area contributed by atoms with Crippen LogP contribution >= 0.6 is 9.47 Å². The van der Waals surface area contributed by atoms with Gasteiger partial charge in [0.2, 0.25) is 0 Å². The van der Waals surface area contributed by atoms with Crippen molar-refractivity contribution in [2.45, 2.75) is 25.0 Å². The fraction of sp³-hybridized carbons (Fsp3) is 1.00. The molecule has 0 aromatic rings. The summed E-state index contributed by atoms with van der Waals surface area (Å²) in [6.45, 7) is 1.51. The van der Waals surface area contributed by atoms with Gasteiger partial charge in [0.1, 0.15) is 0 Å². The molecule has 1 N–H and O–H groups in total. The molecule has 0 bridgehead atoms. The Kier molecular flexibility index (Phi) is 3.73. The highest BCUT2D eigenvalue weighted by atomic mass is 31.0. The third-order valence-corrected chi connectivity index (χ3v) is 2.48. The molecule has 1 fully saturated rings. The first-order valence-corrected chi connectivity index (χ1v) is 4.43. The van der Waals surface area contributed by atoms with Crippen LogP contribution in [0, 0.1) is 0 Å². The first-order valence-electron chi connectivity index (χ1n) is 3.95. The lowest BCUT2D eigenvalue weighted by molar-refractivity contribution is 0.0502. The van der Waals surface area contributed by atoms with Crippen molar-refractivity contribution in [3.63, 3.8) is 0 Å². The highest BCUT2D eigenvalue weighted by Crippen LogP contribution is 2.18. The zero-order chi connectivity index (χ0) is 8.27. The molecule has 66 valence electrons. The van der Waals surface area contributed by atoms with Crippen LogP contribution in [0.1, 0.15) is 12.8 Å². The molecule has 0 saturated carbocycles. The third kappa shape index (κ3) is 2.38. The molecule has 1 rings (SSSR count). The van der Waals surface area contributed by atoms with E-state index in [0.717, 1.165) is 13.0 Å². The summed E-state index contributed by atoms with van der Waals surface area (Å²) in [5.74, 6) is 0. The molecule has 1 saturated heterocycles. The summed E-state index contributed by atoms with van der Waals surface area (Å²) < 4.78 is 4.80. The van der Waals surface area contributed by atoms with Crippen LogP contribution in [0.25, 0.3) is 0 Å². The van der Waals surface area contributed by atoms with Crippen LogP contribution < -0.4 is 0 Å². The Hall–Kier alpha value is 0.310. The Morgan fingerprint density at radius 1 is 1.82 bits per heavy atom. The lowest BCUT2D eigenvalue weighted by Crippen LogP contribution is -2.38. The Bertz CT molecular complexity index is 123. The average molecular weight is 177 g/mol. The first-order chi connectivity index (χ1) is 5.25. The van der Waals surface area contributed by atoms with Gasteiger partial charge in [-0.2, -0.15) is 0 Å². The highest BCUT2D eigenvalue weighted by Gasteiger charge is 2.27. The summed E-state index contributed by atoms with van der Waals surface area (Å²) >= 11 is 0. The number of nitrogens with zero attached hydrogens (tertiary/aromatic N) is 1. The second kappa shape index (κ2) is 4.36. The van der Waals surface area contributed by atoms with Crippen molar-refractivity contribution in [3.05, 3.63) is 0 Å². The Labute approximate surface area is 70.0 Å². The topological polar surface area (TPSA) is 32.7 Å². The number of aliphatic hydroxyl groups is 1. The van der Waals surface area contributed by atoms with Gasteiger partial charge in [0.15, 0.2) is 0 Å². The molecule has 11 heavy (non-hydrogen) atoms. The van der Waals surface area contributed by atoms with Crippen molar-refractivity contribution in [2.24, 2.45) is 0 Å². The van der Waals surface area contributed by atoms with Gasteiger partial charge < -0.3 is 14.5 Å². The van der Waals surface area contributed by atoms with Crippen LogP contribution in [0.4, 0.5) is 0 Å². The van der Waals surface area contributed by atoms with E-state index >= 15 is 0 Å². The smallest absolute Gasteiger partial charge is 0.0931 e. The van der Waals surface area contributed by atoms with Gasteiger partial charge in [-0.3, -0.25) is 0 Å². The second-order valence-electron chi connectivity index (χ2n) is 3.09. The minimum absolute atomic E-state index is 0.301. The first kappa shape index (κ1) is 9.40. The van der Waals surface area contributed by atoms with Gasteiger partial charge in [-0.1, -0.05) is 0 Å². The lowest BCUT2D eigenvalue weighted by atomic mass is 10.1. The van der Waals surface area contributed by atoms with Gasteiger partial charge in [0.05, 0.1) is 12.7 Å². The van der Waals surface area contributed by atoms with Crippen molar-refractivity contribution in [1.82, 2.24) is 4.90 Å². The van der Waals surface area contributed by atoms with Crippen molar-refractivity contribution in [1.29, 1.82) is 0 Å². The number of likely N-dealkylation sites (N-methyl/N-ethyl adjacent to an activating group) is 1. The van der Waals surface area contributed by atoms with Crippen molar-refractivity contribution in [3.8, 4) is 0 Å². The fourth-order valence-corrected chi connectivity index (χ4v) is 1.83. The van der Waals surface area contributed by atoms with Crippen molar-refractivity contribution >= 4 is 9.47 Å². The van der Waals surface area contributed by atoms with Crippen LogP contribution in [0.5, 0.6) is 0 Å². The summed E-state index contributed by atoms with van der Waals surface area (Å²) in [5, 5.41) is 9.54. The molecule has 0 spiro atoms. The van der Waals surface area contributed by atoms with E-state index < -0.39 is 0 Å². The van der Waals surface area contributed by atoms with E-state index in [9.17, 15) is 5.11 Å². The van der Waals surface area contributed by atoms with Gasteiger partial charge in [0, 0.05) is 15.5 Å². The molecule has 0 aromatic heterocycles. The van der Waals surface area contributed by atoms with Gasteiger partial charge in [-0.25, -0.2) is 0 Å². The standard InChI is InChI=1S/C7H16NO2P/c1-8-4-2-3-6(8)7(9)5-10-11/h6-7,9H,2-5,11H2,1H3. The Balaban J connectivity index is 2.33. The molecule has 0 aliphatic carbocycles. The van der Waals surface area contributed by atoms with Crippen LogP contribution in [0.2, 0.25) is 0 Å². The van der Waals surface area contributed by atoms with Gasteiger partial charge in [-0.05, 0) is 26.4 Å². The zero-order valence-electron chi connectivity index (χ0n) is 6.86. The molecule has 1 aliphatic rings. The lowest BCUT2D eigenvalue weighted by Gasteiger charge is -2.24. The van der Waals surface area contributed by atoms with Crippen LogP contribution in [-0.4, -0.2) is 42.4 Å². The summed E-state index contributed by atoms with van der Waals surface area (Å²) in [7, 11) is 4.21. The molecule has 1 aliphatic heterocycles. The quantitative estimate of drug-likeness (QED) is 0.627. The number of aliphatic hydroxyl groups excluding tert-OH is 1. The molecule has 4 heteroatoms. The minimum Gasteiger partial charge on any atom is -0.389 e. The van der Waals surface area contributed by atoms with E-state index in [4.69, 9.17) is 4.52 Å². The number of hydrogen-bond acceptors (Lipinski definition) is 3. The van der Waals surface area contributed by atoms with E-state index in [1.807, 2.05) is 7.05 Å². The molecule has 0 amide bonds. The SMILES string of the molecule is CN1CCCC1C(O)COP. The van der Waals surface area contributed by atoms with Crippen LogP contribution in [0.15, 0.2) is 0 Å². The Morgan fingerprint density at radius 3 is 3.00 bits per heavy atom. The largest absolute Gasteiger partial charge is 0.389 e. The minimum atomic E-state index is -0.333. The predicted molar refractivity (Wildman–Crippen MR) is 47.3 cm³/mol. The number of likely N-dealkylation sites (tertiary alicyclic amines) is 1. The van der Waals surface area contributed by atoms with E-state index in [1.165, 1.54) is 6.42 Å². The summed E-state index contributed by atoms with van der Waals surface area (Å²) in [5.41, 5.74) is 0. The Morgan fingerprint density at radius 2 is 2.55 bits per heavy atom. The molecular formula is C7H16NO2P. The highest BCUT2D eigenvalue weighted by molar-refractivity contribution is 7.09. The monoisotopic (exact) mass is 177 g/mol. The molecule has 0 radical (unpaired) electrons. The summed E-state index contributed by atoms with van der Waals surface area (Å²) in [4.78, 5) is 2.19. The third-order valence-electron chi connectivity index (χ3n) is 2.29. The molecule has 0 aromatic carbocycles. The normalized spacial score (nSPS) is 29.2. The maximum absolute atomic E-state index is 9.54. The predicted octanol–water partition coefficient (Wildman–Crippen LogP) is 0.248. The van der Waals surface area contributed by atoms with Gasteiger partial charge >= 0.3 is 0 Å². The zero-order valence-corrected chi connectivity index (χ0v) is 8.02.